The topological polar surface area (TPSA) is 32.3 Å². The lowest BCUT2D eigenvalue weighted by Crippen LogP contribution is -2.00. The molecule has 90 valence electrons. The SMILES string of the molecule is C#Cc1cccc(NCc2cccc(C)c2O)c1. The first-order chi connectivity index (χ1) is 8.70. The molecular formula is C16H15NO. The Hall–Kier alpha value is -2.40. The average molecular weight is 237 g/mol. The number of anilines is 1. The minimum absolute atomic E-state index is 0.345. The van der Waals surface area contributed by atoms with Gasteiger partial charge in [0.05, 0.1) is 0 Å². The van der Waals surface area contributed by atoms with Crippen molar-refractivity contribution in [2.75, 3.05) is 5.32 Å². The van der Waals surface area contributed by atoms with Gasteiger partial charge in [0.1, 0.15) is 5.75 Å². The normalized spacial score (nSPS) is 9.78. The summed E-state index contributed by atoms with van der Waals surface area (Å²) >= 11 is 0. The summed E-state index contributed by atoms with van der Waals surface area (Å²) in [5.74, 6) is 2.94. The van der Waals surface area contributed by atoms with Crippen LogP contribution < -0.4 is 5.32 Å². The number of aryl methyl sites for hydroxylation is 1. The Kier molecular flexibility index (Phi) is 3.54. The van der Waals surface area contributed by atoms with Crippen molar-refractivity contribution in [3.8, 4) is 18.1 Å². The van der Waals surface area contributed by atoms with Gasteiger partial charge < -0.3 is 10.4 Å². The third-order valence-corrected chi connectivity index (χ3v) is 2.83. The van der Waals surface area contributed by atoms with Crippen LogP contribution >= 0.6 is 0 Å². The number of rotatable bonds is 3. The summed E-state index contributed by atoms with van der Waals surface area (Å²) in [7, 11) is 0. The number of aromatic hydroxyl groups is 1. The minimum atomic E-state index is 0.345. The molecule has 18 heavy (non-hydrogen) atoms. The second-order valence-electron chi connectivity index (χ2n) is 4.16. The predicted octanol–water partition coefficient (Wildman–Crippen LogP) is 3.29. The van der Waals surface area contributed by atoms with Gasteiger partial charge in [-0.1, -0.05) is 30.2 Å². The summed E-state index contributed by atoms with van der Waals surface area (Å²) in [4.78, 5) is 0. The van der Waals surface area contributed by atoms with Crippen molar-refractivity contribution in [1.29, 1.82) is 0 Å². The van der Waals surface area contributed by atoms with E-state index in [4.69, 9.17) is 6.42 Å². The molecule has 0 aliphatic rings. The summed E-state index contributed by atoms with van der Waals surface area (Å²) in [5, 5.41) is 13.2. The van der Waals surface area contributed by atoms with Crippen molar-refractivity contribution in [2.45, 2.75) is 13.5 Å². The van der Waals surface area contributed by atoms with Crippen molar-refractivity contribution in [3.63, 3.8) is 0 Å². The van der Waals surface area contributed by atoms with Gasteiger partial charge in [0.25, 0.3) is 0 Å². The molecule has 0 aliphatic carbocycles. The average Bonchev–Trinajstić information content (AvgIpc) is 2.41. The number of hydrogen-bond donors (Lipinski definition) is 2. The maximum Gasteiger partial charge on any atom is 0.123 e. The van der Waals surface area contributed by atoms with Crippen LogP contribution in [0.4, 0.5) is 5.69 Å². The third-order valence-electron chi connectivity index (χ3n) is 2.83. The van der Waals surface area contributed by atoms with E-state index >= 15 is 0 Å². The van der Waals surface area contributed by atoms with E-state index < -0.39 is 0 Å². The van der Waals surface area contributed by atoms with Crippen LogP contribution in [0.1, 0.15) is 16.7 Å². The van der Waals surface area contributed by atoms with Gasteiger partial charge in [0.2, 0.25) is 0 Å². The molecule has 2 rings (SSSR count). The fraction of sp³-hybridized carbons (Fsp3) is 0.125. The largest absolute Gasteiger partial charge is 0.507 e. The van der Waals surface area contributed by atoms with Crippen molar-refractivity contribution < 1.29 is 5.11 Å². The van der Waals surface area contributed by atoms with E-state index in [1.54, 1.807) is 0 Å². The van der Waals surface area contributed by atoms with Gasteiger partial charge in [-0.2, -0.15) is 0 Å². The Morgan fingerprint density at radius 1 is 1.22 bits per heavy atom. The number of terminal acetylenes is 1. The van der Waals surface area contributed by atoms with Crippen LogP contribution in [0.3, 0.4) is 0 Å². The molecule has 0 heterocycles. The lowest BCUT2D eigenvalue weighted by atomic mass is 10.1. The maximum absolute atomic E-state index is 9.90. The number of para-hydroxylation sites is 1. The molecule has 0 aliphatic heterocycles. The number of benzene rings is 2. The fourth-order valence-corrected chi connectivity index (χ4v) is 1.78. The second kappa shape index (κ2) is 5.29. The molecule has 0 radical (unpaired) electrons. The minimum Gasteiger partial charge on any atom is -0.507 e. The summed E-state index contributed by atoms with van der Waals surface area (Å²) in [5.41, 5.74) is 3.55. The zero-order valence-electron chi connectivity index (χ0n) is 10.3. The summed E-state index contributed by atoms with van der Waals surface area (Å²) in [6.45, 7) is 2.46. The molecule has 0 unspecified atom stereocenters. The molecule has 2 aromatic rings. The van der Waals surface area contributed by atoms with Crippen LogP contribution in [0.25, 0.3) is 0 Å². The van der Waals surface area contributed by atoms with E-state index in [2.05, 4.69) is 11.2 Å². The predicted molar refractivity (Wildman–Crippen MR) is 74.5 cm³/mol. The molecule has 0 saturated carbocycles. The molecule has 0 fully saturated rings. The first kappa shape index (κ1) is 12.1. The Morgan fingerprint density at radius 2 is 2.00 bits per heavy atom. The molecule has 0 atom stereocenters. The molecule has 0 bridgehead atoms. The summed E-state index contributed by atoms with van der Waals surface area (Å²) in [6.07, 6.45) is 5.35. The molecule has 0 aromatic heterocycles. The smallest absolute Gasteiger partial charge is 0.123 e. The van der Waals surface area contributed by atoms with Crippen molar-refractivity contribution in [1.82, 2.24) is 0 Å². The van der Waals surface area contributed by atoms with Crippen LogP contribution in [-0.2, 0) is 6.54 Å². The van der Waals surface area contributed by atoms with Crippen molar-refractivity contribution in [2.24, 2.45) is 0 Å². The Morgan fingerprint density at radius 3 is 2.78 bits per heavy atom. The van der Waals surface area contributed by atoms with Crippen molar-refractivity contribution in [3.05, 3.63) is 59.2 Å². The molecular weight excluding hydrogens is 222 g/mol. The number of nitrogens with one attached hydrogen (secondary N) is 1. The molecule has 2 N–H and O–H groups in total. The number of hydrogen-bond acceptors (Lipinski definition) is 2. The van der Waals surface area contributed by atoms with Gasteiger partial charge in [-0.05, 0) is 30.7 Å². The monoisotopic (exact) mass is 237 g/mol. The Balaban J connectivity index is 2.12. The second-order valence-corrected chi connectivity index (χ2v) is 4.16. The zero-order valence-corrected chi connectivity index (χ0v) is 10.3. The van der Waals surface area contributed by atoms with Crippen LogP contribution in [0.2, 0.25) is 0 Å². The fourth-order valence-electron chi connectivity index (χ4n) is 1.78. The summed E-state index contributed by atoms with van der Waals surface area (Å²) in [6, 6.07) is 13.4. The standard InChI is InChI=1S/C16H15NO/c1-3-13-7-5-9-15(10-13)17-11-14-8-4-6-12(2)16(14)18/h1,4-10,17-18H,11H2,2H3. The highest BCUT2D eigenvalue weighted by Gasteiger charge is 2.03. The molecule has 0 saturated heterocycles. The van der Waals surface area contributed by atoms with Crippen LogP contribution in [0, 0.1) is 19.3 Å². The van der Waals surface area contributed by atoms with Crippen LogP contribution in [0.5, 0.6) is 5.75 Å². The lowest BCUT2D eigenvalue weighted by Gasteiger charge is -2.10. The number of phenols is 1. The van der Waals surface area contributed by atoms with Crippen molar-refractivity contribution >= 4 is 5.69 Å². The first-order valence-electron chi connectivity index (χ1n) is 5.78. The van der Waals surface area contributed by atoms with E-state index in [0.29, 0.717) is 12.3 Å². The van der Waals surface area contributed by atoms with E-state index in [1.807, 2.05) is 49.4 Å². The van der Waals surface area contributed by atoms with Gasteiger partial charge >= 0.3 is 0 Å². The molecule has 2 aromatic carbocycles. The third kappa shape index (κ3) is 2.64. The van der Waals surface area contributed by atoms with Crippen LogP contribution in [0.15, 0.2) is 42.5 Å². The van der Waals surface area contributed by atoms with Crippen LogP contribution in [-0.4, -0.2) is 5.11 Å². The summed E-state index contributed by atoms with van der Waals surface area (Å²) < 4.78 is 0. The number of phenolic OH excluding ortho intramolecular Hbond substituents is 1. The highest BCUT2D eigenvalue weighted by molar-refractivity contribution is 5.51. The van der Waals surface area contributed by atoms with Gasteiger partial charge in [-0.15, -0.1) is 6.42 Å². The lowest BCUT2D eigenvalue weighted by molar-refractivity contribution is 0.465. The highest BCUT2D eigenvalue weighted by Crippen LogP contribution is 2.22. The van der Waals surface area contributed by atoms with E-state index in [9.17, 15) is 5.11 Å². The van der Waals surface area contributed by atoms with Gasteiger partial charge in [-0.25, -0.2) is 0 Å². The quantitative estimate of drug-likeness (QED) is 0.803. The first-order valence-corrected chi connectivity index (χ1v) is 5.78. The van der Waals surface area contributed by atoms with E-state index in [1.165, 1.54) is 0 Å². The highest BCUT2D eigenvalue weighted by atomic mass is 16.3. The van der Waals surface area contributed by atoms with Gasteiger partial charge in [0.15, 0.2) is 0 Å². The zero-order chi connectivity index (χ0) is 13.0. The molecule has 0 spiro atoms. The Labute approximate surface area is 107 Å². The molecule has 2 heteroatoms. The molecule has 2 nitrogen and oxygen atoms in total. The Bertz CT molecular complexity index is 596. The molecule has 0 amide bonds. The van der Waals surface area contributed by atoms with E-state index in [-0.39, 0.29) is 0 Å². The maximum atomic E-state index is 9.90. The van der Waals surface area contributed by atoms with E-state index in [0.717, 1.165) is 22.4 Å². The van der Waals surface area contributed by atoms with Gasteiger partial charge in [-0.3, -0.25) is 0 Å². The van der Waals surface area contributed by atoms with Gasteiger partial charge in [0, 0.05) is 23.4 Å².